The van der Waals surface area contributed by atoms with E-state index in [1.54, 1.807) is 54.9 Å². The second-order valence-electron chi connectivity index (χ2n) is 6.22. The Hall–Kier alpha value is -2.66. The first-order valence-electron chi connectivity index (χ1n) is 8.45. The van der Waals surface area contributed by atoms with Crippen LogP contribution in [0.25, 0.3) is 22.5 Å². The molecule has 0 bridgehead atoms. The first kappa shape index (κ1) is 18.7. The standard InChI is InChI=1S/C22H14Cl2FNO2/c23-15-6-7-17(19(24)10-15)18-12-28-22(13-3-1-5-16(25)9-13)20(18)21(27)14-4-2-8-26-11-14/h1-12,21,27H. The average Bonchev–Trinajstić information content (AvgIpc) is 3.13. The Balaban J connectivity index is 1.94. The van der Waals surface area contributed by atoms with Gasteiger partial charge in [-0.1, -0.05) is 47.5 Å². The van der Waals surface area contributed by atoms with Crippen molar-refractivity contribution < 1.29 is 13.9 Å². The highest BCUT2D eigenvalue weighted by Crippen LogP contribution is 2.43. The van der Waals surface area contributed by atoms with E-state index in [4.69, 9.17) is 27.6 Å². The molecule has 0 saturated carbocycles. The van der Waals surface area contributed by atoms with Crippen LogP contribution in [0.5, 0.6) is 0 Å². The molecule has 1 N–H and O–H groups in total. The third-order valence-electron chi connectivity index (χ3n) is 4.41. The quantitative estimate of drug-likeness (QED) is 0.413. The molecule has 0 amide bonds. The molecule has 1 unspecified atom stereocenters. The monoisotopic (exact) mass is 413 g/mol. The SMILES string of the molecule is OC(c1cccnc1)c1c(-c2ccc(Cl)cc2Cl)coc1-c1cccc(F)c1. The summed E-state index contributed by atoms with van der Waals surface area (Å²) in [5, 5.41) is 12.0. The number of rotatable bonds is 4. The Morgan fingerprint density at radius 3 is 2.57 bits per heavy atom. The Labute approximate surface area is 171 Å². The van der Waals surface area contributed by atoms with E-state index in [9.17, 15) is 9.50 Å². The summed E-state index contributed by atoms with van der Waals surface area (Å²) in [6.45, 7) is 0. The smallest absolute Gasteiger partial charge is 0.140 e. The topological polar surface area (TPSA) is 46.3 Å². The normalized spacial score (nSPS) is 12.1. The lowest BCUT2D eigenvalue weighted by Crippen LogP contribution is -2.02. The van der Waals surface area contributed by atoms with Crippen LogP contribution in [0.1, 0.15) is 17.2 Å². The van der Waals surface area contributed by atoms with E-state index < -0.39 is 11.9 Å². The minimum absolute atomic E-state index is 0.358. The lowest BCUT2D eigenvalue weighted by Gasteiger charge is -2.14. The molecule has 1 atom stereocenters. The Morgan fingerprint density at radius 1 is 1.00 bits per heavy atom. The van der Waals surface area contributed by atoms with E-state index in [0.29, 0.717) is 43.6 Å². The predicted octanol–water partition coefficient (Wildman–Crippen LogP) is 6.54. The second kappa shape index (κ2) is 7.76. The maximum Gasteiger partial charge on any atom is 0.140 e. The Kier molecular flexibility index (Phi) is 5.18. The van der Waals surface area contributed by atoms with Crippen molar-refractivity contribution in [3.8, 4) is 22.5 Å². The van der Waals surface area contributed by atoms with Crippen LogP contribution in [0.15, 0.2) is 77.7 Å². The Bertz CT molecular complexity index is 1130. The highest BCUT2D eigenvalue weighted by molar-refractivity contribution is 6.36. The molecule has 0 aliphatic carbocycles. The molecule has 2 heterocycles. The molecule has 0 saturated heterocycles. The summed E-state index contributed by atoms with van der Waals surface area (Å²) < 4.78 is 19.6. The molecule has 4 rings (SSSR count). The molecule has 0 radical (unpaired) electrons. The van der Waals surface area contributed by atoms with Crippen molar-refractivity contribution >= 4 is 23.2 Å². The molecule has 0 spiro atoms. The fourth-order valence-corrected chi connectivity index (χ4v) is 3.62. The maximum atomic E-state index is 13.8. The van der Waals surface area contributed by atoms with Crippen LogP contribution in [-0.4, -0.2) is 10.1 Å². The van der Waals surface area contributed by atoms with Crippen molar-refractivity contribution in [2.24, 2.45) is 0 Å². The van der Waals surface area contributed by atoms with Gasteiger partial charge in [-0.05, 0) is 30.3 Å². The van der Waals surface area contributed by atoms with Crippen molar-refractivity contribution in [3.63, 3.8) is 0 Å². The molecule has 3 nitrogen and oxygen atoms in total. The molecule has 0 aliphatic rings. The van der Waals surface area contributed by atoms with E-state index in [0.717, 1.165) is 0 Å². The van der Waals surface area contributed by atoms with Crippen molar-refractivity contribution in [2.75, 3.05) is 0 Å². The van der Waals surface area contributed by atoms with E-state index in [1.807, 2.05) is 0 Å². The maximum absolute atomic E-state index is 13.8. The van der Waals surface area contributed by atoms with Crippen molar-refractivity contribution in [1.29, 1.82) is 0 Å². The van der Waals surface area contributed by atoms with Crippen LogP contribution < -0.4 is 0 Å². The first-order chi connectivity index (χ1) is 13.5. The molecule has 2 aromatic carbocycles. The van der Waals surface area contributed by atoms with Gasteiger partial charge in [-0.2, -0.15) is 0 Å². The fraction of sp³-hybridized carbons (Fsp3) is 0.0455. The number of aromatic nitrogens is 1. The largest absolute Gasteiger partial charge is 0.463 e. The molecular weight excluding hydrogens is 400 g/mol. The summed E-state index contributed by atoms with van der Waals surface area (Å²) in [4.78, 5) is 4.07. The minimum atomic E-state index is -1.05. The van der Waals surface area contributed by atoms with Crippen LogP contribution in [0.4, 0.5) is 4.39 Å². The second-order valence-corrected chi connectivity index (χ2v) is 7.06. The highest BCUT2D eigenvalue weighted by atomic mass is 35.5. The zero-order chi connectivity index (χ0) is 19.7. The minimum Gasteiger partial charge on any atom is -0.463 e. The van der Waals surface area contributed by atoms with E-state index in [1.165, 1.54) is 18.4 Å². The summed E-state index contributed by atoms with van der Waals surface area (Å²) in [6, 6.07) is 14.6. The van der Waals surface area contributed by atoms with Crippen LogP contribution >= 0.6 is 23.2 Å². The van der Waals surface area contributed by atoms with Crippen LogP contribution in [0.3, 0.4) is 0 Å². The van der Waals surface area contributed by atoms with Gasteiger partial charge in [-0.3, -0.25) is 4.98 Å². The van der Waals surface area contributed by atoms with E-state index in [2.05, 4.69) is 4.98 Å². The van der Waals surface area contributed by atoms with E-state index in [-0.39, 0.29) is 0 Å². The van der Waals surface area contributed by atoms with Gasteiger partial charge in [0.2, 0.25) is 0 Å². The molecule has 140 valence electrons. The number of aliphatic hydroxyl groups is 1. The lowest BCUT2D eigenvalue weighted by atomic mass is 9.93. The highest BCUT2D eigenvalue weighted by Gasteiger charge is 2.26. The first-order valence-corrected chi connectivity index (χ1v) is 9.21. The van der Waals surface area contributed by atoms with Gasteiger partial charge in [0, 0.05) is 50.3 Å². The van der Waals surface area contributed by atoms with Crippen molar-refractivity contribution in [1.82, 2.24) is 4.98 Å². The molecule has 6 heteroatoms. The van der Waals surface area contributed by atoms with E-state index >= 15 is 0 Å². The molecule has 2 aromatic heterocycles. The average molecular weight is 414 g/mol. The number of nitrogens with zero attached hydrogens (tertiary/aromatic N) is 1. The third-order valence-corrected chi connectivity index (χ3v) is 4.96. The zero-order valence-corrected chi connectivity index (χ0v) is 16.0. The molecular formula is C22H14Cl2FNO2. The number of benzene rings is 2. The summed E-state index contributed by atoms with van der Waals surface area (Å²) >= 11 is 12.4. The lowest BCUT2D eigenvalue weighted by molar-refractivity contribution is 0.220. The van der Waals surface area contributed by atoms with Gasteiger partial charge in [-0.25, -0.2) is 4.39 Å². The zero-order valence-electron chi connectivity index (χ0n) is 14.4. The number of aliphatic hydroxyl groups excluding tert-OH is 1. The number of furan rings is 1. The number of halogens is 3. The number of pyridine rings is 1. The van der Waals surface area contributed by atoms with Gasteiger partial charge >= 0.3 is 0 Å². The number of hydrogen-bond acceptors (Lipinski definition) is 3. The fourth-order valence-electron chi connectivity index (χ4n) is 3.11. The summed E-state index contributed by atoms with van der Waals surface area (Å²) in [6.07, 6.45) is 3.65. The predicted molar refractivity (Wildman–Crippen MR) is 108 cm³/mol. The van der Waals surface area contributed by atoms with Gasteiger partial charge in [0.25, 0.3) is 0 Å². The third kappa shape index (κ3) is 3.54. The van der Waals surface area contributed by atoms with Crippen molar-refractivity contribution in [2.45, 2.75) is 6.10 Å². The molecule has 28 heavy (non-hydrogen) atoms. The van der Waals surface area contributed by atoms with Crippen molar-refractivity contribution in [3.05, 3.63) is 100 Å². The summed E-state index contributed by atoms with van der Waals surface area (Å²) in [5.74, 6) is -0.0429. The summed E-state index contributed by atoms with van der Waals surface area (Å²) in [7, 11) is 0. The Morgan fingerprint density at radius 2 is 1.86 bits per heavy atom. The molecule has 4 aromatic rings. The van der Waals surface area contributed by atoms with Gasteiger partial charge in [0.05, 0.1) is 6.26 Å². The molecule has 0 aliphatic heterocycles. The van der Waals surface area contributed by atoms with Crippen LogP contribution in [0, 0.1) is 5.82 Å². The van der Waals surface area contributed by atoms with Gasteiger partial charge < -0.3 is 9.52 Å². The van der Waals surface area contributed by atoms with Gasteiger partial charge in [0.15, 0.2) is 0 Å². The number of hydrogen-bond donors (Lipinski definition) is 1. The van der Waals surface area contributed by atoms with Crippen LogP contribution in [0.2, 0.25) is 10.0 Å². The summed E-state index contributed by atoms with van der Waals surface area (Å²) in [5.41, 5.74) is 2.80. The molecule has 0 fully saturated rings. The van der Waals surface area contributed by atoms with Gasteiger partial charge in [0.1, 0.15) is 17.7 Å². The van der Waals surface area contributed by atoms with Crippen LogP contribution in [-0.2, 0) is 0 Å². The van der Waals surface area contributed by atoms with Gasteiger partial charge in [-0.15, -0.1) is 0 Å².